The van der Waals surface area contributed by atoms with Gasteiger partial charge >= 0.3 is 6.09 Å². The van der Waals surface area contributed by atoms with Crippen LogP contribution in [0.2, 0.25) is 5.02 Å². The lowest BCUT2D eigenvalue weighted by Crippen LogP contribution is -2.53. The van der Waals surface area contributed by atoms with Gasteiger partial charge in [-0.1, -0.05) is 41.9 Å². The molecule has 4 aliphatic rings. The Kier molecular flexibility index (Phi) is 6.63. The standard InChI is InChI=1S/C34H33ClF2N2O5/c1-33(2,3)44-32(41)39-12-8-11-25(39)34(17-9-6-5-7-10-17)16-21-24(43-34)15-22(36)28(35)26(21)27-20(31(40)38-4)13-19-18-14-23(18)42-30(19)29(27)37/h5-7,9-10,13,15,18,23,25H,8,11-12,14,16H2,1-4H3,(H,38,40)/t18?,23?,25?,34-/m0/s1. The average molecular weight is 623 g/mol. The lowest BCUT2D eigenvalue weighted by molar-refractivity contribution is -0.0216. The van der Waals surface area contributed by atoms with E-state index in [2.05, 4.69) is 5.32 Å². The van der Waals surface area contributed by atoms with Crippen molar-refractivity contribution in [2.45, 2.75) is 75.7 Å². The highest BCUT2D eigenvalue weighted by atomic mass is 35.5. The molecule has 1 N–H and O–H groups in total. The number of likely N-dealkylation sites (tertiary alicyclic amines) is 1. The van der Waals surface area contributed by atoms with Crippen LogP contribution < -0.4 is 14.8 Å². The second kappa shape index (κ2) is 10.1. The summed E-state index contributed by atoms with van der Waals surface area (Å²) in [5.41, 5.74) is -0.0703. The first-order valence-corrected chi connectivity index (χ1v) is 15.3. The van der Waals surface area contributed by atoms with Crippen molar-refractivity contribution in [1.29, 1.82) is 0 Å². The molecule has 0 bridgehead atoms. The summed E-state index contributed by atoms with van der Waals surface area (Å²) >= 11 is 6.69. The third-order valence-electron chi connectivity index (χ3n) is 9.07. The summed E-state index contributed by atoms with van der Waals surface area (Å²) in [5.74, 6) is -1.82. The highest BCUT2D eigenvalue weighted by Crippen LogP contribution is 2.58. The molecule has 7 nitrogen and oxygen atoms in total. The van der Waals surface area contributed by atoms with Crippen LogP contribution in [0.3, 0.4) is 0 Å². The summed E-state index contributed by atoms with van der Waals surface area (Å²) < 4.78 is 50.6. The molecular weight excluding hydrogens is 590 g/mol. The minimum Gasteiger partial charge on any atom is -0.486 e. The number of hydrogen-bond acceptors (Lipinski definition) is 5. The molecule has 0 spiro atoms. The monoisotopic (exact) mass is 622 g/mol. The van der Waals surface area contributed by atoms with Crippen LogP contribution in [-0.2, 0) is 16.8 Å². The molecule has 230 valence electrons. The van der Waals surface area contributed by atoms with Gasteiger partial charge in [0.05, 0.1) is 16.6 Å². The smallest absolute Gasteiger partial charge is 0.410 e. The summed E-state index contributed by atoms with van der Waals surface area (Å²) in [7, 11) is 1.46. The highest BCUT2D eigenvalue weighted by molar-refractivity contribution is 6.34. The fraction of sp³-hybridized carbons (Fsp3) is 0.412. The van der Waals surface area contributed by atoms with Gasteiger partial charge in [0.15, 0.2) is 17.2 Å². The molecule has 10 heteroatoms. The number of halogens is 3. The molecular formula is C34H33ClF2N2O5. The van der Waals surface area contributed by atoms with Crippen molar-refractivity contribution in [3.8, 4) is 22.6 Å². The van der Waals surface area contributed by atoms with Crippen molar-refractivity contribution in [1.82, 2.24) is 10.2 Å². The molecule has 1 aliphatic carbocycles. The number of amides is 2. The van der Waals surface area contributed by atoms with Gasteiger partial charge in [0, 0.05) is 54.3 Å². The van der Waals surface area contributed by atoms with Gasteiger partial charge < -0.3 is 24.4 Å². The normalized spacial score (nSPS) is 24.6. The zero-order valence-electron chi connectivity index (χ0n) is 24.9. The van der Waals surface area contributed by atoms with Crippen LogP contribution in [-0.4, -0.2) is 48.2 Å². The molecule has 0 aromatic heterocycles. The molecule has 1 saturated heterocycles. The van der Waals surface area contributed by atoms with Crippen molar-refractivity contribution < 1.29 is 32.6 Å². The molecule has 7 rings (SSSR count). The minimum absolute atomic E-state index is 0.0286. The van der Waals surface area contributed by atoms with Gasteiger partial charge in [-0.25, -0.2) is 13.6 Å². The maximum absolute atomic E-state index is 16.5. The van der Waals surface area contributed by atoms with Gasteiger partial charge in [0.1, 0.15) is 23.3 Å². The van der Waals surface area contributed by atoms with Gasteiger partial charge in [-0.15, -0.1) is 0 Å². The van der Waals surface area contributed by atoms with E-state index in [9.17, 15) is 9.59 Å². The maximum Gasteiger partial charge on any atom is 0.410 e. The Morgan fingerprint density at radius 3 is 2.59 bits per heavy atom. The largest absolute Gasteiger partial charge is 0.486 e. The molecule has 3 unspecified atom stereocenters. The molecule has 44 heavy (non-hydrogen) atoms. The highest BCUT2D eigenvalue weighted by Gasteiger charge is 2.55. The number of carbonyl (C=O) groups excluding carboxylic acids is 2. The van der Waals surface area contributed by atoms with Crippen molar-refractivity contribution in [3.05, 3.63) is 81.4 Å². The van der Waals surface area contributed by atoms with E-state index in [-0.39, 0.29) is 51.7 Å². The summed E-state index contributed by atoms with van der Waals surface area (Å²) in [4.78, 5) is 28.4. The minimum atomic E-state index is -1.17. The van der Waals surface area contributed by atoms with Crippen LogP contribution in [0.1, 0.15) is 73.0 Å². The number of carbonyl (C=O) groups is 2. The van der Waals surface area contributed by atoms with Gasteiger partial charge in [0.25, 0.3) is 5.91 Å². The Balaban J connectivity index is 1.42. The Bertz CT molecular complexity index is 1710. The van der Waals surface area contributed by atoms with Gasteiger partial charge in [-0.3, -0.25) is 4.79 Å². The summed E-state index contributed by atoms with van der Waals surface area (Å²) in [5, 5.41) is 2.27. The van der Waals surface area contributed by atoms with Crippen LogP contribution in [0.25, 0.3) is 11.1 Å². The first-order chi connectivity index (χ1) is 20.9. The van der Waals surface area contributed by atoms with E-state index in [1.54, 1.807) is 11.0 Å². The fourth-order valence-electron chi connectivity index (χ4n) is 7.10. The molecule has 4 atom stereocenters. The van der Waals surface area contributed by atoms with E-state index < -0.39 is 40.9 Å². The zero-order chi connectivity index (χ0) is 31.1. The average Bonchev–Trinajstić information content (AvgIpc) is 3.30. The summed E-state index contributed by atoms with van der Waals surface area (Å²) in [6, 6.07) is 11.8. The lowest BCUT2D eigenvalue weighted by atomic mass is 9.79. The molecule has 3 aliphatic heterocycles. The number of nitrogens with one attached hydrogen (secondary N) is 1. The molecule has 2 fully saturated rings. The predicted octanol–water partition coefficient (Wildman–Crippen LogP) is 7.12. The van der Waals surface area contributed by atoms with Crippen molar-refractivity contribution in [2.24, 2.45) is 0 Å². The number of nitrogens with zero attached hydrogens (tertiary/aromatic N) is 1. The number of fused-ring (bicyclic) bond motifs is 4. The quantitative estimate of drug-likeness (QED) is 0.335. The lowest BCUT2D eigenvalue weighted by Gasteiger charge is -2.40. The Morgan fingerprint density at radius 1 is 1.14 bits per heavy atom. The van der Waals surface area contributed by atoms with Crippen LogP contribution in [0, 0.1) is 11.6 Å². The van der Waals surface area contributed by atoms with E-state index in [4.69, 9.17) is 25.8 Å². The maximum atomic E-state index is 16.5. The molecule has 3 aromatic carbocycles. The van der Waals surface area contributed by atoms with Gasteiger partial charge in [-0.05, 0) is 51.7 Å². The third-order valence-corrected chi connectivity index (χ3v) is 9.44. The first kappa shape index (κ1) is 28.9. The molecule has 2 amide bonds. The van der Waals surface area contributed by atoms with E-state index >= 15 is 8.78 Å². The van der Waals surface area contributed by atoms with E-state index in [1.165, 1.54) is 13.1 Å². The third kappa shape index (κ3) is 4.42. The van der Waals surface area contributed by atoms with Gasteiger partial charge in [-0.2, -0.15) is 0 Å². The summed E-state index contributed by atoms with van der Waals surface area (Å²) in [6.45, 7) is 5.88. The van der Waals surface area contributed by atoms with Gasteiger partial charge in [0.2, 0.25) is 0 Å². The number of hydrogen-bond donors (Lipinski definition) is 1. The number of rotatable bonds is 4. The fourth-order valence-corrected chi connectivity index (χ4v) is 7.36. The number of ether oxygens (including phenoxy) is 3. The van der Waals surface area contributed by atoms with Crippen molar-refractivity contribution >= 4 is 23.6 Å². The van der Waals surface area contributed by atoms with E-state index in [1.807, 2.05) is 51.1 Å². The second-order valence-corrected chi connectivity index (χ2v) is 13.4. The van der Waals surface area contributed by atoms with Crippen molar-refractivity contribution in [3.63, 3.8) is 0 Å². The van der Waals surface area contributed by atoms with E-state index in [0.717, 1.165) is 12.0 Å². The summed E-state index contributed by atoms with van der Waals surface area (Å²) in [6.07, 6.45) is 1.61. The van der Waals surface area contributed by atoms with Crippen LogP contribution in [0.15, 0.2) is 42.5 Å². The van der Waals surface area contributed by atoms with Crippen LogP contribution in [0.5, 0.6) is 11.5 Å². The Hall–Kier alpha value is -3.85. The van der Waals surface area contributed by atoms with Crippen LogP contribution >= 0.6 is 11.6 Å². The molecule has 3 heterocycles. The zero-order valence-corrected chi connectivity index (χ0v) is 25.7. The van der Waals surface area contributed by atoms with E-state index in [0.29, 0.717) is 30.5 Å². The molecule has 3 aromatic rings. The Morgan fingerprint density at radius 2 is 1.89 bits per heavy atom. The second-order valence-electron chi connectivity index (χ2n) is 13.0. The van der Waals surface area contributed by atoms with Crippen molar-refractivity contribution in [2.75, 3.05) is 13.6 Å². The molecule has 1 saturated carbocycles. The number of benzene rings is 3. The predicted molar refractivity (Wildman–Crippen MR) is 160 cm³/mol. The topological polar surface area (TPSA) is 77.1 Å². The Labute approximate surface area is 259 Å². The van der Waals surface area contributed by atoms with Crippen LogP contribution in [0.4, 0.5) is 13.6 Å². The SMILES string of the molecule is CNC(=O)c1cc2c(c(F)c1-c1c(Cl)c(F)cc3c1C[C@](c1ccccc1)(C1CCCN1C(=O)OC(C)(C)C)O3)OC1CC21. The molecule has 0 radical (unpaired) electrons. The first-order valence-electron chi connectivity index (χ1n) is 14.9.